The second-order valence-corrected chi connectivity index (χ2v) is 5.55. The molecule has 0 amide bonds. The van der Waals surface area contributed by atoms with E-state index in [0.29, 0.717) is 0 Å². The number of fused-ring (bicyclic) bond motifs is 6. The van der Waals surface area contributed by atoms with E-state index in [9.17, 15) is 0 Å². The minimum atomic E-state index is 0.917. The van der Waals surface area contributed by atoms with Crippen LogP contribution in [0, 0.1) is 0 Å². The molecule has 0 aliphatic heterocycles. The Morgan fingerprint density at radius 2 is 1.86 bits per heavy atom. The van der Waals surface area contributed by atoms with Crippen LogP contribution >= 0.6 is 0 Å². The van der Waals surface area contributed by atoms with Crippen molar-refractivity contribution in [2.24, 2.45) is 0 Å². The SMILES string of the molecule is c1ccc2c3c(ccc2c1)Cc1nc2cnccc2cc1-3. The summed E-state index contributed by atoms with van der Waals surface area (Å²) in [5.41, 5.74) is 6.16. The fourth-order valence-electron chi connectivity index (χ4n) is 3.37. The monoisotopic (exact) mass is 268 g/mol. The van der Waals surface area contributed by atoms with Gasteiger partial charge < -0.3 is 0 Å². The van der Waals surface area contributed by atoms with Gasteiger partial charge in [0.25, 0.3) is 0 Å². The molecule has 0 N–H and O–H groups in total. The molecule has 5 rings (SSSR count). The topological polar surface area (TPSA) is 25.8 Å². The van der Waals surface area contributed by atoms with Gasteiger partial charge in [-0.3, -0.25) is 9.97 Å². The average Bonchev–Trinajstić information content (AvgIpc) is 2.90. The number of hydrogen-bond acceptors (Lipinski definition) is 2. The van der Waals surface area contributed by atoms with E-state index in [2.05, 4.69) is 47.4 Å². The van der Waals surface area contributed by atoms with Crippen LogP contribution in [0.25, 0.3) is 32.8 Å². The second kappa shape index (κ2) is 3.89. The fourth-order valence-corrected chi connectivity index (χ4v) is 3.37. The summed E-state index contributed by atoms with van der Waals surface area (Å²) < 4.78 is 0. The second-order valence-electron chi connectivity index (χ2n) is 5.55. The molecule has 0 saturated heterocycles. The molecule has 98 valence electrons. The third kappa shape index (κ3) is 1.47. The lowest BCUT2D eigenvalue weighted by Crippen LogP contribution is -1.88. The zero-order chi connectivity index (χ0) is 13.8. The van der Waals surface area contributed by atoms with Crippen LogP contribution in [-0.2, 0) is 6.42 Å². The summed E-state index contributed by atoms with van der Waals surface area (Å²) in [6.45, 7) is 0. The molecule has 4 aromatic rings. The highest BCUT2D eigenvalue weighted by Crippen LogP contribution is 2.41. The molecule has 0 saturated carbocycles. The minimum Gasteiger partial charge on any atom is -0.262 e. The maximum Gasteiger partial charge on any atom is 0.0889 e. The molecule has 0 spiro atoms. The third-order valence-corrected chi connectivity index (χ3v) is 4.34. The van der Waals surface area contributed by atoms with Crippen molar-refractivity contribution in [3.8, 4) is 11.1 Å². The molecular formula is C19H12N2. The highest BCUT2D eigenvalue weighted by molar-refractivity contribution is 6.02. The quantitative estimate of drug-likeness (QED) is 0.417. The summed E-state index contributed by atoms with van der Waals surface area (Å²) in [5, 5.41) is 3.77. The zero-order valence-corrected chi connectivity index (χ0v) is 11.4. The molecule has 0 radical (unpaired) electrons. The van der Waals surface area contributed by atoms with Crippen LogP contribution in [0.2, 0.25) is 0 Å². The molecule has 2 heteroatoms. The summed E-state index contributed by atoms with van der Waals surface area (Å²) >= 11 is 0. The molecule has 2 aromatic carbocycles. The van der Waals surface area contributed by atoms with Gasteiger partial charge in [0.05, 0.1) is 17.4 Å². The summed E-state index contributed by atoms with van der Waals surface area (Å²) in [5.74, 6) is 0. The largest absolute Gasteiger partial charge is 0.262 e. The highest BCUT2D eigenvalue weighted by Gasteiger charge is 2.22. The van der Waals surface area contributed by atoms with Crippen molar-refractivity contribution in [3.63, 3.8) is 0 Å². The molecule has 0 bridgehead atoms. The van der Waals surface area contributed by atoms with Crippen molar-refractivity contribution in [1.82, 2.24) is 9.97 Å². The standard InChI is InChI=1S/C19H12N2/c1-2-4-15-12(3-1)5-6-14-10-17-16(19(14)15)9-13-7-8-20-11-18(13)21-17/h1-9,11H,10H2. The highest BCUT2D eigenvalue weighted by atomic mass is 14.7. The van der Waals surface area contributed by atoms with Crippen molar-refractivity contribution < 1.29 is 0 Å². The van der Waals surface area contributed by atoms with Gasteiger partial charge in [0.2, 0.25) is 0 Å². The first-order valence-corrected chi connectivity index (χ1v) is 7.15. The van der Waals surface area contributed by atoms with E-state index in [1.54, 1.807) is 0 Å². The van der Waals surface area contributed by atoms with E-state index < -0.39 is 0 Å². The Kier molecular flexibility index (Phi) is 2.03. The summed E-state index contributed by atoms with van der Waals surface area (Å²) in [7, 11) is 0. The van der Waals surface area contributed by atoms with Gasteiger partial charge in [0.1, 0.15) is 0 Å². The van der Waals surface area contributed by atoms with Gasteiger partial charge in [-0.25, -0.2) is 0 Å². The van der Waals surface area contributed by atoms with E-state index in [1.807, 2.05) is 18.5 Å². The van der Waals surface area contributed by atoms with Crippen LogP contribution in [0.4, 0.5) is 0 Å². The van der Waals surface area contributed by atoms with Crippen molar-refractivity contribution in [2.45, 2.75) is 6.42 Å². The third-order valence-electron chi connectivity index (χ3n) is 4.34. The number of rotatable bonds is 0. The Balaban J connectivity index is 1.92. The van der Waals surface area contributed by atoms with E-state index >= 15 is 0 Å². The Hall–Kier alpha value is -2.74. The van der Waals surface area contributed by atoms with Gasteiger partial charge in [-0.2, -0.15) is 0 Å². The first-order valence-electron chi connectivity index (χ1n) is 7.15. The average molecular weight is 268 g/mol. The van der Waals surface area contributed by atoms with E-state index in [4.69, 9.17) is 4.98 Å². The Bertz CT molecular complexity index is 1020. The summed E-state index contributed by atoms with van der Waals surface area (Å²) in [4.78, 5) is 8.99. The first kappa shape index (κ1) is 11.0. The molecule has 0 unspecified atom stereocenters. The van der Waals surface area contributed by atoms with Gasteiger partial charge in [-0.1, -0.05) is 36.4 Å². The van der Waals surface area contributed by atoms with Crippen LogP contribution in [0.5, 0.6) is 0 Å². The van der Waals surface area contributed by atoms with Gasteiger partial charge >= 0.3 is 0 Å². The molecule has 1 aliphatic rings. The molecule has 0 atom stereocenters. The van der Waals surface area contributed by atoms with Gasteiger partial charge in [-0.15, -0.1) is 0 Å². The molecule has 2 nitrogen and oxygen atoms in total. The number of pyridine rings is 2. The zero-order valence-electron chi connectivity index (χ0n) is 11.4. The van der Waals surface area contributed by atoms with E-state index in [0.717, 1.165) is 17.3 Å². The molecule has 2 heterocycles. The van der Waals surface area contributed by atoms with Gasteiger partial charge in [0.15, 0.2) is 0 Å². The maximum atomic E-state index is 4.81. The lowest BCUT2D eigenvalue weighted by Gasteiger charge is -2.07. The normalized spacial score (nSPS) is 12.6. The minimum absolute atomic E-state index is 0.917. The molecule has 2 aromatic heterocycles. The predicted molar refractivity (Wildman–Crippen MR) is 85.3 cm³/mol. The van der Waals surface area contributed by atoms with Crippen LogP contribution < -0.4 is 0 Å². The van der Waals surface area contributed by atoms with E-state index in [-0.39, 0.29) is 0 Å². The Morgan fingerprint density at radius 1 is 0.905 bits per heavy atom. The van der Waals surface area contributed by atoms with Gasteiger partial charge in [-0.05, 0) is 34.0 Å². The number of aromatic nitrogens is 2. The van der Waals surface area contributed by atoms with Crippen molar-refractivity contribution >= 4 is 21.7 Å². The summed E-state index contributed by atoms with van der Waals surface area (Å²) in [6, 6.07) is 17.3. The van der Waals surface area contributed by atoms with Gasteiger partial charge in [0, 0.05) is 23.6 Å². The number of nitrogens with zero attached hydrogens (tertiary/aromatic N) is 2. The first-order chi connectivity index (χ1) is 10.4. The van der Waals surface area contributed by atoms with Crippen LogP contribution in [0.3, 0.4) is 0 Å². The van der Waals surface area contributed by atoms with Crippen molar-refractivity contribution in [2.75, 3.05) is 0 Å². The fraction of sp³-hybridized carbons (Fsp3) is 0.0526. The molecule has 1 aliphatic carbocycles. The number of hydrogen-bond donors (Lipinski definition) is 0. The van der Waals surface area contributed by atoms with Crippen LogP contribution in [0.1, 0.15) is 11.3 Å². The number of benzene rings is 2. The van der Waals surface area contributed by atoms with Crippen molar-refractivity contribution in [3.05, 3.63) is 72.2 Å². The smallest absolute Gasteiger partial charge is 0.0889 e. The lowest BCUT2D eigenvalue weighted by atomic mass is 9.98. The Morgan fingerprint density at radius 3 is 2.86 bits per heavy atom. The van der Waals surface area contributed by atoms with Crippen LogP contribution in [0.15, 0.2) is 60.9 Å². The molecular weight excluding hydrogens is 256 g/mol. The maximum absolute atomic E-state index is 4.81. The Labute approximate surface area is 122 Å². The predicted octanol–water partition coefficient (Wildman–Crippen LogP) is 4.35. The molecule has 21 heavy (non-hydrogen) atoms. The van der Waals surface area contributed by atoms with Crippen molar-refractivity contribution in [1.29, 1.82) is 0 Å². The molecule has 0 fully saturated rings. The summed E-state index contributed by atoms with van der Waals surface area (Å²) in [6.07, 6.45) is 4.59. The van der Waals surface area contributed by atoms with E-state index in [1.165, 1.54) is 33.2 Å². The van der Waals surface area contributed by atoms with Crippen LogP contribution in [-0.4, -0.2) is 9.97 Å². The lowest BCUT2D eigenvalue weighted by molar-refractivity contribution is 1.15.